The van der Waals surface area contributed by atoms with E-state index in [2.05, 4.69) is 17.1 Å². The van der Waals surface area contributed by atoms with Crippen LogP contribution in [0.4, 0.5) is 11.4 Å². The average Bonchev–Trinajstić information content (AvgIpc) is 2.63. The van der Waals surface area contributed by atoms with E-state index in [0.29, 0.717) is 21.3 Å². The standard InChI is InChI=1S/C19H21Cl2N3O2/c1-4-23(2)15-8-5-13(6-9-15)19(26)24(3)12-18(25)22-14-7-10-16(20)17(21)11-14/h5-11H,4,12H2,1-3H3,(H,22,25). The van der Waals surface area contributed by atoms with E-state index in [-0.39, 0.29) is 18.4 Å². The maximum absolute atomic E-state index is 12.5. The van der Waals surface area contributed by atoms with Crippen LogP contribution < -0.4 is 10.2 Å². The highest BCUT2D eigenvalue weighted by molar-refractivity contribution is 6.42. The monoisotopic (exact) mass is 393 g/mol. The normalized spacial score (nSPS) is 10.3. The summed E-state index contributed by atoms with van der Waals surface area (Å²) >= 11 is 11.8. The largest absolute Gasteiger partial charge is 0.375 e. The van der Waals surface area contributed by atoms with Gasteiger partial charge in [0.05, 0.1) is 16.6 Å². The molecular formula is C19H21Cl2N3O2. The molecule has 0 atom stereocenters. The lowest BCUT2D eigenvalue weighted by Gasteiger charge is -2.19. The molecule has 2 amide bonds. The summed E-state index contributed by atoms with van der Waals surface area (Å²) in [4.78, 5) is 28.1. The van der Waals surface area contributed by atoms with Crippen LogP contribution in [0.25, 0.3) is 0 Å². The summed E-state index contributed by atoms with van der Waals surface area (Å²) in [5.41, 5.74) is 2.09. The van der Waals surface area contributed by atoms with Crippen molar-refractivity contribution in [1.82, 2.24) is 4.90 Å². The molecule has 0 bridgehead atoms. The van der Waals surface area contributed by atoms with E-state index in [1.807, 2.05) is 19.2 Å². The lowest BCUT2D eigenvalue weighted by Crippen LogP contribution is -2.34. The number of likely N-dealkylation sites (N-methyl/N-ethyl adjacent to an activating group) is 1. The second-order valence-corrected chi connectivity index (χ2v) is 6.71. The van der Waals surface area contributed by atoms with Crippen molar-refractivity contribution in [2.45, 2.75) is 6.92 Å². The van der Waals surface area contributed by atoms with E-state index < -0.39 is 0 Å². The van der Waals surface area contributed by atoms with Crippen molar-refractivity contribution < 1.29 is 9.59 Å². The number of halogens is 2. The van der Waals surface area contributed by atoms with Crippen LogP contribution in [0.1, 0.15) is 17.3 Å². The number of nitrogens with one attached hydrogen (secondary N) is 1. The molecule has 0 fully saturated rings. The van der Waals surface area contributed by atoms with Crippen LogP contribution >= 0.6 is 23.2 Å². The van der Waals surface area contributed by atoms with Gasteiger partial charge in [-0.1, -0.05) is 23.2 Å². The Morgan fingerprint density at radius 1 is 1.00 bits per heavy atom. The van der Waals surface area contributed by atoms with Crippen molar-refractivity contribution >= 4 is 46.4 Å². The Labute approximate surface area is 163 Å². The van der Waals surface area contributed by atoms with Crippen LogP contribution in [0.3, 0.4) is 0 Å². The molecule has 2 rings (SSSR count). The third-order valence-electron chi connectivity index (χ3n) is 3.96. The number of anilines is 2. The van der Waals surface area contributed by atoms with Gasteiger partial charge in [0.25, 0.3) is 5.91 Å². The van der Waals surface area contributed by atoms with Crippen LogP contribution in [0.15, 0.2) is 42.5 Å². The molecule has 0 unspecified atom stereocenters. The van der Waals surface area contributed by atoms with Crippen LogP contribution in [-0.4, -0.2) is 43.9 Å². The van der Waals surface area contributed by atoms with E-state index in [0.717, 1.165) is 12.2 Å². The molecule has 26 heavy (non-hydrogen) atoms. The minimum atomic E-state index is -0.318. The SMILES string of the molecule is CCN(C)c1ccc(C(=O)N(C)CC(=O)Nc2ccc(Cl)c(Cl)c2)cc1. The molecule has 0 spiro atoms. The molecule has 0 aliphatic carbocycles. The smallest absolute Gasteiger partial charge is 0.254 e. The maximum Gasteiger partial charge on any atom is 0.254 e. The molecule has 2 aromatic carbocycles. The Hall–Kier alpha value is -2.24. The third-order valence-corrected chi connectivity index (χ3v) is 4.70. The highest BCUT2D eigenvalue weighted by atomic mass is 35.5. The Morgan fingerprint density at radius 3 is 2.23 bits per heavy atom. The topological polar surface area (TPSA) is 52.7 Å². The molecule has 2 aromatic rings. The van der Waals surface area contributed by atoms with Crippen LogP contribution in [0.2, 0.25) is 10.0 Å². The Balaban J connectivity index is 1.97. The fraction of sp³-hybridized carbons (Fsp3) is 0.263. The molecular weight excluding hydrogens is 373 g/mol. The van der Waals surface area contributed by atoms with Crippen LogP contribution in [0, 0.1) is 0 Å². The molecule has 1 N–H and O–H groups in total. The van der Waals surface area contributed by atoms with Gasteiger partial charge in [0.2, 0.25) is 5.91 Å². The van der Waals surface area contributed by atoms with Gasteiger partial charge in [0, 0.05) is 37.6 Å². The Morgan fingerprint density at radius 2 is 1.65 bits per heavy atom. The van der Waals surface area contributed by atoms with Gasteiger partial charge in [-0.2, -0.15) is 0 Å². The summed E-state index contributed by atoms with van der Waals surface area (Å²) in [5, 5.41) is 3.46. The molecule has 0 radical (unpaired) electrons. The van der Waals surface area contributed by atoms with Gasteiger partial charge in [-0.05, 0) is 49.4 Å². The van der Waals surface area contributed by atoms with Crippen molar-refractivity contribution in [3.63, 3.8) is 0 Å². The number of hydrogen-bond acceptors (Lipinski definition) is 3. The summed E-state index contributed by atoms with van der Waals surface area (Å²) in [6.45, 7) is 2.86. The molecule has 0 aliphatic rings. The van der Waals surface area contributed by atoms with Crippen LogP contribution in [-0.2, 0) is 4.79 Å². The number of hydrogen-bond donors (Lipinski definition) is 1. The predicted octanol–water partition coefficient (Wildman–Crippen LogP) is 4.16. The van der Waals surface area contributed by atoms with Crippen molar-refractivity contribution in [3.8, 4) is 0 Å². The van der Waals surface area contributed by atoms with Crippen LogP contribution in [0.5, 0.6) is 0 Å². The van der Waals surface area contributed by atoms with Gasteiger partial charge < -0.3 is 15.1 Å². The van der Waals surface area contributed by atoms with E-state index in [4.69, 9.17) is 23.2 Å². The zero-order valence-electron chi connectivity index (χ0n) is 14.9. The number of carbonyl (C=O) groups excluding carboxylic acids is 2. The maximum atomic E-state index is 12.5. The fourth-order valence-corrected chi connectivity index (χ4v) is 2.62. The lowest BCUT2D eigenvalue weighted by molar-refractivity contribution is -0.116. The van der Waals surface area contributed by atoms with Crippen molar-refractivity contribution in [3.05, 3.63) is 58.1 Å². The zero-order chi connectivity index (χ0) is 19.3. The average molecular weight is 394 g/mol. The number of rotatable bonds is 6. The van der Waals surface area contributed by atoms with Gasteiger partial charge >= 0.3 is 0 Å². The quantitative estimate of drug-likeness (QED) is 0.801. The molecule has 0 heterocycles. The number of amides is 2. The van der Waals surface area contributed by atoms with E-state index in [9.17, 15) is 9.59 Å². The van der Waals surface area contributed by atoms with Gasteiger partial charge in [-0.15, -0.1) is 0 Å². The van der Waals surface area contributed by atoms with Crippen molar-refractivity contribution in [1.29, 1.82) is 0 Å². The second-order valence-electron chi connectivity index (χ2n) is 5.90. The fourth-order valence-electron chi connectivity index (χ4n) is 2.32. The van der Waals surface area contributed by atoms with E-state index in [1.54, 1.807) is 37.4 Å². The number of nitrogens with zero attached hydrogens (tertiary/aromatic N) is 2. The number of carbonyl (C=O) groups is 2. The molecule has 138 valence electrons. The summed E-state index contributed by atoms with van der Waals surface area (Å²) in [7, 11) is 3.57. The summed E-state index contributed by atoms with van der Waals surface area (Å²) < 4.78 is 0. The minimum absolute atomic E-state index is 0.0737. The highest BCUT2D eigenvalue weighted by Gasteiger charge is 2.15. The van der Waals surface area contributed by atoms with Crippen molar-refractivity contribution in [2.24, 2.45) is 0 Å². The second kappa shape index (κ2) is 8.92. The molecule has 7 heteroatoms. The van der Waals surface area contributed by atoms with Crippen molar-refractivity contribution in [2.75, 3.05) is 37.4 Å². The van der Waals surface area contributed by atoms with Gasteiger partial charge in [0.15, 0.2) is 0 Å². The summed E-state index contributed by atoms with van der Waals surface area (Å²) in [6, 6.07) is 12.1. The predicted molar refractivity (Wildman–Crippen MR) is 107 cm³/mol. The molecule has 0 aliphatic heterocycles. The first kappa shape index (κ1) is 20.1. The third kappa shape index (κ3) is 5.13. The first-order valence-corrected chi connectivity index (χ1v) is 8.89. The molecule has 5 nitrogen and oxygen atoms in total. The lowest BCUT2D eigenvalue weighted by atomic mass is 10.1. The van der Waals surface area contributed by atoms with Gasteiger partial charge in [-0.3, -0.25) is 9.59 Å². The molecule has 0 saturated carbocycles. The minimum Gasteiger partial charge on any atom is -0.375 e. The summed E-state index contributed by atoms with van der Waals surface area (Å²) in [6.07, 6.45) is 0. The van der Waals surface area contributed by atoms with Gasteiger partial charge in [-0.25, -0.2) is 0 Å². The Kier molecular flexibility index (Phi) is 6.89. The Bertz CT molecular complexity index is 794. The van der Waals surface area contributed by atoms with Gasteiger partial charge in [0.1, 0.15) is 0 Å². The highest BCUT2D eigenvalue weighted by Crippen LogP contribution is 2.25. The molecule has 0 saturated heterocycles. The van der Waals surface area contributed by atoms with E-state index in [1.165, 1.54) is 4.90 Å². The first-order chi connectivity index (χ1) is 12.3. The zero-order valence-corrected chi connectivity index (χ0v) is 16.4. The number of benzene rings is 2. The summed E-state index contributed by atoms with van der Waals surface area (Å²) in [5.74, 6) is -0.540. The van der Waals surface area contributed by atoms with E-state index >= 15 is 0 Å². The molecule has 0 aromatic heterocycles. The first-order valence-electron chi connectivity index (χ1n) is 8.13.